The van der Waals surface area contributed by atoms with E-state index in [0.29, 0.717) is 11.5 Å². The monoisotopic (exact) mass is 352 g/mol. The van der Waals surface area contributed by atoms with Crippen molar-refractivity contribution >= 4 is 7.82 Å². The molecule has 0 aliphatic rings. The van der Waals surface area contributed by atoms with Gasteiger partial charge in [-0.25, -0.2) is 4.57 Å². The molecule has 0 aromatic heterocycles. The lowest BCUT2D eigenvalue weighted by Crippen LogP contribution is -2.02. The van der Waals surface area contributed by atoms with E-state index in [9.17, 15) is 0 Å². The summed E-state index contributed by atoms with van der Waals surface area (Å²) in [5.74, 6) is 1.18. The van der Waals surface area contributed by atoms with Gasteiger partial charge >= 0.3 is 7.82 Å². The van der Waals surface area contributed by atoms with Crippen LogP contribution in [0.25, 0.3) is 0 Å². The normalized spacial score (nSPS) is 11.4. The summed E-state index contributed by atoms with van der Waals surface area (Å²) >= 11 is 0. The van der Waals surface area contributed by atoms with Crippen molar-refractivity contribution in [2.75, 3.05) is 0 Å². The number of phosphoric acid groups is 1. The van der Waals surface area contributed by atoms with Gasteiger partial charge in [-0.2, -0.15) is 0 Å². The Morgan fingerprint density at radius 1 is 1.13 bits per heavy atom. The summed E-state index contributed by atoms with van der Waals surface area (Å²) in [7, 11) is -4.64. The van der Waals surface area contributed by atoms with Crippen molar-refractivity contribution in [1.29, 1.82) is 0 Å². The molecule has 9 nitrogen and oxygen atoms in total. The van der Waals surface area contributed by atoms with Crippen molar-refractivity contribution in [3.63, 3.8) is 0 Å². The summed E-state index contributed by atoms with van der Waals surface area (Å²) in [5.41, 5.74) is 0. The molecular formula is C13H21O9P. The first kappa shape index (κ1) is 21.6. The first-order valence-corrected chi connectivity index (χ1v) is 8.26. The maximum absolute atomic E-state index is 8.88. The Labute approximate surface area is 134 Å². The molecule has 0 radical (unpaired) electrons. The van der Waals surface area contributed by atoms with Crippen LogP contribution in [0.4, 0.5) is 0 Å². The third-order valence-electron chi connectivity index (χ3n) is 2.17. The molecule has 1 aromatic carbocycles. The number of rotatable bonds is 9. The van der Waals surface area contributed by atoms with E-state index < -0.39 is 7.82 Å². The molecule has 0 aliphatic heterocycles. The summed E-state index contributed by atoms with van der Waals surface area (Å²) in [5, 5.41) is 13.0. The summed E-state index contributed by atoms with van der Waals surface area (Å²) in [6.07, 6.45) is 4.69. The van der Waals surface area contributed by atoms with E-state index in [1.807, 2.05) is 13.0 Å². The molecular weight excluding hydrogens is 331 g/mol. The van der Waals surface area contributed by atoms with Crippen LogP contribution in [0.5, 0.6) is 5.75 Å². The Morgan fingerprint density at radius 2 is 1.74 bits per heavy atom. The van der Waals surface area contributed by atoms with Crippen LogP contribution in [0.2, 0.25) is 0 Å². The second-order valence-electron chi connectivity index (χ2n) is 4.06. The van der Waals surface area contributed by atoms with Crippen LogP contribution >= 0.6 is 7.82 Å². The Kier molecular flexibility index (Phi) is 12.2. The fourth-order valence-corrected chi connectivity index (χ4v) is 1.18. The molecule has 10 heteroatoms. The Bertz CT molecular complexity index is 463. The second-order valence-corrected chi connectivity index (χ2v) is 5.08. The molecule has 0 bridgehead atoms. The van der Waals surface area contributed by atoms with E-state index in [2.05, 4.69) is 22.0 Å². The molecule has 0 aliphatic carbocycles. The Hall–Kier alpha value is -1.45. The molecule has 23 heavy (non-hydrogen) atoms. The molecule has 1 rings (SSSR count). The summed E-state index contributed by atoms with van der Waals surface area (Å²) in [6, 6.07) is 8.89. The SMILES string of the molecule is CC=C(CCCC)OOOOOc1ccccc1.O=P(O)(O)O. The van der Waals surface area contributed by atoms with E-state index >= 15 is 0 Å². The summed E-state index contributed by atoms with van der Waals surface area (Å²) < 4.78 is 8.88. The fraction of sp³-hybridized carbons (Fsp3) is 0.385. The van der Waals surface area contributed by atoms with E-state index in [1.165, 1.54) is 0 Å². The molecule has 1 aromatic rings. The minimum absolute atomic E-state index is 0.498. The number of unbranched alkanes of at least 4 members (excludes halogenated alkanes) is 1. The number of para-hydroxylation sites is 1. The maximum atomic E-state index is 8.88. The first-order chi connectivity index (χ1) is 10.9. The molecule has 0 saturated heterocycles. The van der Waals surface area contributed by atoms with Crippen molar-refractivity contribution in [2.24, 2.45) is 0 Å². The molecule has 0 atom stereocenters. The van der Waals surface area contributed by atoms with Gasteiger partial charge in [0.1, 0.15) is 5.76 Å². The van der Waals surface area contributed by atoms with Gasteiger partial charge < -0.3 is 24.5 Å². The lowest BCUT2D eigenvalue weighted by Gasteiger charge is -2.05. The zero-order valence-corrected chi connectivity index (χ0v) is 13.7. The molecule has 0 heterocycles. The van der Waals surface area contributed by atoms with Crippen LogP contribution in [-0.2, 0) is 24.6 Å². The van der Waals surface area contributed by atoms with Crippen LogP contribution in [0.1, 0.15) is 33.1 Å². The highest BCUT2D eigenvalue weighted by atomic mass is 31.2. The fourth-order valence-electron chi connectivity index (χ4n) is 1.18. The molecule has 0 fully saturated rings. The van der Waals surface area contributed by atoms with E-state index in [1.54, 1.807) is 30.3 Å². The minimum Gasteiger partial charge on any atom is -0.311 e. The Balaban J connectivity index is 0.000000841. The van der Waals surface area contributed by atoms with Crippen LogP contribution < -0.4 is 4.89 Å². The largest absolute Gasteiger partial charge is 0.466 e. The van der Waals surface area contributed by atoms with Gasteiger partial charge in [0.05, 0.1) is 0 Å². The van der Waals surface area contributed by atoms with Crippen molar-refractivity contribution in [1.82, 2.24) is 0 Å². The van der Waals surface area contributed by atoms with Crippen LogP contribution in [0.3, 0.4) is 0 Å². The van der Waals surface area contributed by atoms with Crippen LogP contribution in [-0.4, -0.2) is 14.7 Å². The van der Waals surface area contributed by atoms with Gasteiger partial charge in [0.15, 0.2) is 5.75 Å². The zero-order valence-electron chi connectivity index (χ0n) is 12.8. The molecule has 0 unspecified atom stereocenters. The third-order valence-corrected chi connectivity index (χ3v) is 2.17. The van der Waals surface area contributed by atoms with Gasteiger partial charge in [-0.15, -0.1) is 0 Å². The average molecular weight is 352 g/mol. The van der Waals surface area contributed by atoms with Gasteiger partial charge in [0.25, 0.3) is 0 Å². The highest BCUT2D eigenvalue weighted by molar-refractivity contribution is 7.45. The van der Waals surface area contributed by atoms with Crippen molar-refractivity contribution in [3.8, 4) is 5.75 Å². The van der Waals surface area contributed by atoms with Crippen molar-refractivity contribution in [2.45, 2.75) is 33.1 Å². The van der Waals surface area contributed by atoms with Gasteiger partial charge in [0.2, 0.25) is 0 Å². The molecule has 3 N–H and O–H groups in total. The first-order valence-electron chi connectivity index (χ1n) is 6.69. The van der Waals surface area contributed by atoms with Gasteiger partial charge in [-0.1, -0.05) is 31.5 Å². The van der Waals surface area contributed by atoms with E-state index in [-0.39, 0.29) is 0 Å². The molecule has 0 spiro atoms. The molecule has 0 amide bonds. The highest BCUT2D eigenvalue weighted by Gasteiger charge is 2.01. The van der Waals surface area contributed by atoms with Crippen molar-refractivity contribution in [3.05, 3.63) is 42.2 Å². The van der Waals surface area contributed by atoms with Gasteiger partial charge in [-0.3, -0.25) is 0 Å². The van der Waals surface area contributed by atoms with Gasteiger partial charge in [-0.05, 0) is 31.6 Å². The number of benzene rings is 1. The Morgan fingerprint density at radius 3 is 2.26 bits per heavy atom. The summed E-state index contributed by atoms with van der Waals surface area (Å²) in [6.45, 7) is 3.96. The topological polar surface area (TPSA) is 124 Å². The van der Waals surface area contributed by atoms with Crippen molar-refractivity contribution < 1.29 is 44.1 Å². The molecule has 132 valence electrons. The van der Waals surface area contributed by atoms with Crippen LogP contribution in [0.15, 0.2) is 42.2 Å². The quantitative estimate of drug-likeness (QED) is 0.202. The van der Waals surface area contributed by atoms with E-state index in [0.717, 1.165) is 19.3 Å². The average Bonchev–Trinajstić information content (AvgIpc) is 2.49. The van der Waals surface area contributed by atoms with Crippen LogP contribution in [0, 0.1) is 0 Å². The lowest BCUT2D eigenvalue weighted by atomic mass is 10.2. The summed E-state index contributed by atoms with van der Waals surface area (Å²) in [4.78, 5) is 31.2. The standard InChI is InChI=1S/C13H18O5.H3O4P/c1-3-5-9-12(4-2)14-16-18-17-15-13-10-7-6-8-11-13;1-5(2,3)4/h4,6-8,10-11H,3,5,9H2,1-2H3;(H3,1,2,3,4). The van der Waals surface area contributed by atoms with E-state index in [4.69, 9.17) is 29.0 Å². The highest BCUT2D eigenvalue weighted by Crippen LogP contribution is 2.25. The number of hydrogen-bond acceptors (Lipinski definition) is 6. The predicted molar refractivity (Wildman–Crippen MR) is 79.0 cm³/mol. The number of allylic oxidation sites excluding steroid dienone is 2. The molecule has 0 saturated carbocycles. The minimum atomic E-state index is -4.64. The third kappa shape index (κ3) is 16.7. The lowest BCUT2D eigenvalue weighted by molar-refractivity contribution is -0.685. The maximum Gasteiger partial charge on any atom is 0.466 e. The van der Waals surface area contributed by atoms with Gasteiger partial charge in [0, 0.05) is 21.5 Å². The predicted octanol–water partition coefficient (Wildman–Crippen LogP) is 2.96. The number of hydrogen-bond donors (Lipinski definition) is 3. The smallest absolute Gasteiger partial charge is 0.311 e. The zero-order chi connectivity index (χ0) is 17.6. The second kappa shape index (κ2) is 13.0.